The molecule has 0 aliphatic carbocycles. The van der Waals surface area contributed by atoms with Crippen LogP contribution in [0.4, 0.5) is 0 Å². The fourth-order valence-corrected chi connectivity index (χ4v) is 10.5. The second-order valence-corrected chi connectivity index (χ2v) is 17.6. The first-order valence-electron chi connectivity index (χ1n) is 23.1. The van der Waals surface area contributed by atoms with E-state index in [-0.39, 0.29) is 0 Å². The number of aromatic nitrogens is 5. The highest BCUT2D eigenvalue weighted by Crippen LogP contribution is 2.41. The highest BCUT2D eigenvalue weighted by atomic mass is 15.0. The van der Waals surface area contributed by atoms with Gasteiger partial charge in [0, 0.05) is 54.7 Å². The number of benzene rings is 11. The third-order valence-electron chi connectivity index (χ3n) is 13.7. The van der Waals surface area contributed by atoms with Gasteiger partial charge >= 0.3 is 0 Å². The van der Waals surface area contributed by atoms with E-state index in [9.17, 15) is 0 Å². The Bertz CT molecular complexity index is 4320. The van der Waals surface area contributed by atoms with Crippen LogP contribution < -0.4 is 0 Å². The van der Waals surface area contributed by atoms with E-state index in [0.717, 1.165) is 55.5 Å². The van der Waals surface area contributed by atoms with Crippen molar-refractivity contribution in [1.82, 2.24) is 24.1 Å². The summed E-state index contributed by atoms with van der Waals surface area (Å²) in [6.45, 7) is 0. The van der Waals surface area contributed by atoms with Crippen LogP contribution in [0.3, 0.4) is 0 Å². The lowest BCUT2D eigenvalue weighted by Crippen LogP contribution is -2.00. The van der Waals surface area contributed by atoms with Crippen molar-refractivity contribution < 1.29 is 0 Å². The maximum atomic E-state index is 5.14. The third kappa shape index (κ3) is 6.06. The number of nitrogens with zero attached hydrogens (tertiary/aromatic N) is 5. The van der Waals surface area contributed by atoms with Crippen molar-refractivity contribution in [2.75, 3.05) is 0 Å². The molecule has 14 rings (SSSR count). The van der Waals surface area contributed by atoms with E-state index < -0.39 is 0 Å². The van der Waals surface area contributed by atoms with Crippen molar-refractivity contribution in [3.63, 3.8) is 0 Å². The van der Waals surface area contributed by atoms with Crippen LogP contribution in [-0.2, 0) is 0 Å². The van der Waals surface area contributed by atoms with Gasteiger partial charge < -0.3 is 9.13 Å². The minimum absolute atomic E-state index is 0.631. The summed E-state index contributed by atoms with van der Waals surface area (Å²) >= 11 is 0. The van der Waals surface area contributed by atoms with E-state index in [0.29, 0.717) is 17.5 Å². The molecular weight excluding hydrogens is 827 g/mol. The molecule has 0 aliphatic rings. The molecule has 0 spiro atoms. The molecule has 0 amide bonds. The highest BCUT2D eigenvalue weighted by molar-refractivity contribution is 6.20. The van der Waals surface area contributed by atoms with Crippen molar-refractivity contribution in [1.29, 1.82) is 0 Å². The molecule has 14 aromatic rings. The monoisotopic (exact) mass is 865 g/mol. The predicted octanol–water partition coefficient (Wildman–Crippen LogP) is 16.2. The lowest BCUT2D eigenvalue weighted by Gasteiger charge is -2.14. The Hall–Kier alpha value is -9.19. The number of para-hydroxylation sites is 2. The summed E-state index contributed by atoms with van der Waals surface area (Å²) in [5, 5.41) is 12.1. The molecule has 5 heteroatoms. The number of hydrogen-bond acceptors (Lipinski definition) is 3. The molecule has 0 unspecified atom stereocenters. The molecule has 0 atom stereocenters. The Labute approximate surface area is 391 Å². The van der Waals surface area contributed by atoms with Gasteiger partial charge in [0.15, 0.2) is 17.5 Å². The Morgan fingerprint density at radius 2 is 0.809 bits per heavy atom. The molecular formula is C63H39N5. The first-order chi connectivity index (χ1) is 33.7. The summed E-state index contributed by atoms with van der Waals surface area (Å²) in [6.07, 6.45) is 0. The summed E-state index contributed by atoms with van der Waals surface area (Å²) in [6, 6.07) is 84.8. The Morgan fingerprint density at radius 1 is 0.250 bits per heavy atom. The van der Waals surface area contributed by atoms with Gasteiger partial charge in [-0.2, -0.15) is 0 Å². The molecule has 0 saturated heterocycles. The van der Waals surface area contributed by atoms with Crippen molar-refractivity contribution in [3.8, 4) is 56.7 Å². The summed E-state index contributed by atoms with van der Waals surface area (Å²) in [5.41, 5.74) is 12.1. The van der Waals surface area contributed by atoms with Gasteiger partial charge in [0.05, 0.1) is 27.8 Å². The largest absolute Gasteiger partial charge is 0.309 e. The quantitative estimate of drug-likeness (QED) is 0.167. The molecule has 0 fully saturated rings. The number of rotatable bonds is 6. The van der Waals surface area contributed by atoms with Gasteiger partial charge in [-0.25, -0.2) is 15.0 Å². The van der Waals surface area contributed by atoms with Crippen LogP contribution in [0.25, 0.3) is 133 Å². The predicted molar refractivity (Wildman–Crippen MR) is 283 cm³/mol. The van der Waals surface area contributed by atoms with Gasteiger partial charge in [-0.1, -0.05) is 182 Å². The van der Waals surface area contributed by atoms with Crippen molar-refractivity contribution in [2.24, 2.45) is 0 Å². The van der Waals surface area contributed by atoms with Gasteiger partial charge in [0.1, 0.15) is 0 Å². The summed E-state index contributed by atoms with van der Waals surface area (Å²) in [5.74, 6) is 1.90. The zero-order valence-electron chi connectivity index (χ0n) is 36.8. The van der Waals surface area contributed by atoms with E-state index in [4.69, 9.17) is 15.0 Å². The van der Waals surface area contributed by atoms with Crippen LogP contribution in [0.15, 0.2) is 237 Å². The van der Waals surface area contributed by atoms with E-state index >= 15 is 0 Å². The second kappa shape index (κ2) is 15.2. The van der Waals surface area contributed by atoms with E-state index in [1.165, 1.54) is 59.6 Å². The molecule has 0 aliphatic heterocycles. The summed E-state index contributed by atoms with van der Waals surface area (Å²) < 4.78 is 4.92. The van der Waals surface area contributed by atoms with Crippen molar-refractivity contribution in [3.05, 3.63) is 237 Å². The van der Waals surface area contributed by atoms with Crippen molar-refractivity contribution >= 4 is 75.9 Å². The van der Waals surface area contributed by atoms with E-state index in [2.05, 4.69) is 221 Å². The minimum Gasteiger partial charge on any atom is -0.309 e. The lowest BCUT2D eigenvalue weighted by atomic mass is 10.0. The molecule has 3 aromatic heterocycles. The molecule has 3 heterocycles. The Balaban J connectivity index is 0.923. The summed E-state index contributed by atoms with van der Waals surface area (Å²) in [7, 11) is 0. The van der Waals surface area contributed by atoms with Crippen LogP contribution in [0, 0.1) is 0 Å². The minimum atomic E-state index is 0.631. The average molecular weight is 866 g/mol. The molecule has 0 N–H and O–H groups in total. The third-order valence-corrected chi connectivity index (χ3v) is 13.7. The van der Waals surface area contributed by atoms with Crippen LogP contribution in [0.2, 0.25) is 0 Å². The molecule has 0 bridgehead atoms. The van der Waals surface area contributed by atoms with Crippen LogP contribution in [0.1, 0.15) is 0 Å². The second-order valence-electron chi connectivity index (χ2n) is 17.6. The molecule has 316 valence electrons. The van der Waals surface area contributed by atoms with Crippen LogP contribution >= 0.6 is 0 Å². The standard InChI is InChI=1S/C63H39N5/c1-3-15-40(16-4-1)43-20-13-22-47(35-43)62-64-61(42-18-5-2-6-19-42)65-63(66-62)48-30-29-45-37-49(33-31-44(45)36-48)67-56-26-11-10-25-52(56)55-38-46-21-14-28-58(54(46)39-59(55)67)68-57-27-12-9-24-51(57)53-34-32-41-17-7-8-23-50(41)60(53)68/h1-39H. The van der Waals surface area contributed by atoms with Gasteiger partial charge in [-0.3, -0.25) is 0 Å². The van der Waals surface area contributed by atoms with Gasteiger partial charge in [0.2, 0.25) is 0 Å². The molecule has 11 aromatic carbocycles. The Kier molecular flexibility index (Phi) is 8.52. The summed E-state index contributed by atoms with van der Waals surface area (Å²) in [4.78, 5) is 15.3. The number of fused-ring (bicyclic) bond motifs is 10. The fourth-order valence-electron chi connectivity index (χ4n) is 10.5. The molecule has 0 radical (unpaired) electrons. The lowest BCUT2D eigenvalue weighted by molar-refractivity contribution is 1.07. The smallest absolute Gasteiger partial charge is 0.164 e. The topological polar surface area (TPSA) is 48.5 Å². The fraction of sp³-hybridized carbons (Fsp3) is 0. The van der Waals surface area contributed by atoms with Gasteiger partial charge in [-0.05, 0) is 87.3 Å². The maximum absolute atomic E-state index is 5.14. The first-order valence-corrected chi connectivity index (χ1v) is 23.1. The van der Waals surface area contributed by atoms with E-state index in [1.807, 2.05) is 24.3 Å². The molecule has 0 saturated carbocycles. The zero-order valence-corrected chi connectivity index (χ0v) is 36.8. The maximum Gasteiger partial charge on any atom is 0.164 e. The van der Waals surface area contributed by atoms with Crippen LogP contribution in [-0.4, -0.2) is 24.1 Å². The average Bonchev–Trinajstić information content (AvgIpc) is 3.93. The Morgan fingerprint density at radius 3 is 1.60 bits per heavy atom. The van der Waals surface area contributed by atoms with Gasteiger partial charge in [0.25, 0.3) is 0 Å². The molecule has 5 nitrogen and oxygen atoms in total. The highest BCUT2D eigenvalue weighted by Gasteiger charge is 2.20. The van der Waals surface area contributed by atoms with E-state index in [1.54, 1.807) is 0 Å². The first kappa shape index (κ1) is 38.1. The number of hydrogen-bond donors (Lipinski definition) is 0. The van der Waals surface area contributed by atoms with Crippen LogP contribution in [0.5, 0.6) is 0 Å². The normalized spacial score (nSPS) is 11.8. The molecule has 68 heavy (non-hydrogen) atoms. The van der Waals surface area contributed by atoms with Gasteiger partial charge in [-0.15, -0.1) is 0 Å². The SMILES string of the molecule is c1ccc(-c2cccc(-c3nc(-c4ccccc4)nc(-c4ccc5cc(-n6c7ccccc7c7cc8cccc(-n9c%10ccccc%10c%10ccc%11ccccc%11c%109)c8cc76)ccc5c4)n3)c2)cc1. The van der Waals surface area contributed by atoms with Crippen molar-refractivity contribution in [2.45, 2.75) is 0 Å². The zero-order chi connectivity index (χ0) is 44.7.